The monoisotopic (exact) mass is 505 g/mol. The molecule has 0 bridgehead atoms. The van der Waals surface area contributed by atoms with E-state index in [1.165, 1.54) is 40.2 Å². The van der Waals surface area contributed by atoms with Gasteiger partial charge in [-0.15, -0.1) is 0 Å². The van der Waals surface area contributed by atoms with Crippen LogP contribution in [0.5, 0.6) is 11.5 Å². The summed E-state index contributed by atoms with van der Waals surface area (Å²) in [6, 6.07) is 12.1. The summed E-state index contributed by atoms with van der Waals surface area (Å²) in [5, 5.41) is 1.53. The lowest BCUT2D eigenvalue weighted by Crippen LogP contribution is -2.24. The van der Waals surface area contributed by atoms with Crippen LogP contribution < -0.4 is 14.8 Å². The highest BCUT2D eigenvalue weighted by atomic mass is 32.2. The number of benzene rings is 2. The molecule has 11 heteroatoms. The van der Waals surface area contributed by atoms with Crippen LogP contribution in [0, 0.1) is 0 Å². The quantitative estimate of drug-likeness (QED) is 0.246. The number of hydrogen-bond donors (Lipinski definition) is 1. The minimum absolute atomic E-state index is 0.0850. The number of ketones is 1. The Hall–Kier alpha value is -3.60. The molecule has 35 heavy (non-hydrogen) atoms. The van der Waals surface area contributed by atoms with Crippen molar-refractivity contribution in [2.75, 3.05) is 19.5 Å². The van der Waals surface area contributed by atoms with E-state index in [2.05, 4.69) is 15.3 Å². The van der Waals surface area contributed by atoms with Crippen molar-refractivity contribution >= 4 is 29.1 Å². The van der Waals surface area contributed by atoms with Crippen molar-refractivity contribution in [3.8, 4) is 22.8 Å². The van der Waals surface area contributed by atoms with Crippen molar-refractivity contribution in [1.29, 1.82) is 0 Å². The molecule has 0 saturated carbocycles. The van der Waals surface area contributed by atoms with E-state index in [0.717, 1.165) is 17.8 Å². The second kappa shape index (κ2) is 10.8. The van der Waals surface area contributed by atoms with Crippen LogP contribution in [0.4, 0.5) is 18.9 Å². The molecule has 1 aromatic heterocycles. The molecule has 0 saturated heterocycles. The van der Waals surface area contributed by atoms with Crippen molar-refractivity contribution in [3.05, 3.63) is 59.8 Å². The van der Waals surface area contributed by atoms with E-state index < -0.39 is 23.0 Å². The van der Waals surface area contributed by atoms with Crippen LogP contribution in [0.2, 0.25) is 0 Å². The van der Waals surface area contributed by atoms with Crippen LogP contribution in [0.25, 0.3) is 11.3 Å². The van der Waals surface area contributed by atoms with Gasteiger partial charge in [-0.2, -0.15) is 13.2 Å². The summed E-state index contributed by atoms with van der Waals surface area (Å²) >= 11 is 0.767. The largest absolute Gasteiger partial charge is 0.493 e. The summed E-state index contributed by atoms with van der Waals surface area (Å²) in [5.41, 5.74) is -0.171. The van der Waals surface area contributed by atoms with Crippen LogP contribution in [-0.4, -0.2) is 41.1 Å². The predicted molar refractivity (Wildman–Crippen MR) is 126 cm³/mol. The molecular weight excluding hydrogens is 483 g/mol. The lowest BCUT2D eigenvalue weighted by Gasteiger charge is -2.17. The number of alkyl halides is 3. The van der Waals surface area contributed by atoms with E-state index in [1.54, 1.807) is 30.3 Å². The Labute approximate surface area is 204 Å². The summed E-state index contributed by atoms with van der Waals surface area (Å²) in [6.45, 7) is 2.83. The van der Waals surface area contributed by atoms with E-state index in [9.17, 15) is 22.8 Å². The van der Waals surface area contributed by atoms with Gasteiger partial charge in [0.05, 0.1) is 30.9 Å². The van der Waals surface area contributed by atoms with Gasteiger partial charge in [-0.25, -0.2) is 9.97 Å². The predicted octanol–water partition coefficient (Wildman–Crippen LogP) is 5.50. The van der Waals surface area contributed by atoms with Gasteiger partial charge in [0.1, 0.15) is 5.69 Å². The molecule has 1 heterocycles. The number of amides is 1. The Morgan fingerprint density at radius 3 is 2.20 bits per heavy atom. The first kappa shape index (κ1) is 26.0. The van der Waals surface area contributed by atoms with Crippen molar-refractivity contribution in [1.82, 2.24) is 9.97 Å². The fourth-order valence-corrected chi connectivity index (χ4v) is 3.88. The van der Waals surface area contributed by atoms with Crippen LogP contribution in [0.1, 0.15) is 29.9 Å². The summed E-state index contributed by atoms with van der Waals surface area (Å²) in [7, 11) is 2.82. The molecular formula is C24H22F3N3O4S. The molecule has 0 aliphatic heterocycles. The number of hydrogen-bond acceptors (Lipinski definition) is 7. The minimum Gasteiger partial charge on any atom is -0.493 e. The van der Waals surface area contributed by atoms with Crippen LogP contribution >= 0.6 is 11.8 Å². The summed E-state index contributed by atoms with van der Waals surface area (Å²) in [5.74, 6) is -0.284. The lowest BCUT2D eigenvalue weighted by atomic mass is 10.1. The molecule has 3 rings (SSSR count). The summed E-state index contributed by atoms with van der Waals surface area (Å²) in [4.78, 5) is 32.8. The number of halogens is 3. The second-order valence-corrected chi connectivity index (χ2v) is 8.65. The molecule has 0 spiro atoms. The van der Waals surface area contributed by atoms with Crippen molar-refractivity contribution < 1.29 is 32.2 Å². The first-order chi connectivity index (χ1) is 16.5. The van der Waals surface area contributed by atoms with Crippen molar-refractivity contribution in [2.45, 2.75) is 30.4 Å². The number of nitrogens with one attached hydrogen (secondary N) is 1. The highest BCUT2D eigenvalue weighted by molar-refractivity contribution is 8.00. The molecule has 184 valence electrons. The zero-order chi connectivity index (χ0) is 25.8. The van der Waals surface area contributed by atoms with E-state index in [0.29, 0.717) is 17.1 Å². The second-order valence-electron chi connectivity index (χ2n) is 7.34. The molecule has 0 unspecified atom stereocenters. The van der Waals surface area contributed by atoms with E-state index in [-0.39, 0.29) is 27.9 Å². The minimum atomic E-state index is -4.69. The maximum atomic E-state index is 13.5. The zero-order valence-corrected chi connectivity index (χ0v) is 20.1. The third kappa shape index (κ3) is 6.30. The van der Waals surface area contributed by atoms with E-state index in [1.807, 2.05) is 0 Å². The number of rotatable bonds is 8. The molecule has 3 aromatic rings. The number of ether oxygens (including phenoxy) is 2. The molecule has 0 aliphatic rings. The number of anilines is 1. The fraction of sp³-hybridized carbons (Fsp3) is 0.250. The van der Waals surface area contributed by atoms with Crippen molar-refractivity contribution in [2.24, 2.45) is 0 Å². The molecule has 0 fully saturated rings. The van der Waals surface area contributed by atoms with E-state index in [4.69, 9.17) is 9.47 Å². The lowest BCUT2D eigenvalue weighted by molar-refractivity contribution is -0.141. The average Bonchev–Trinajstić information content (AvgIpc) is 2.83. The van der Waals surface area contributed by atoms with Gasteiger partial charge in [0.15, 0.2) is 22.4 Å². The highest BCUT2D eigenvalue weighted by Gasteiger charge is 2.34. The zero-order valence-electron chi connectivity index (χ0n) is 19.3. The third-order valence-corrected chi connectivity index (χ3v) is 5.84. The maximum Gasteiger partial charge on any atom is 0.433 e. The van der Waals surface area contributed by atoms with Gasteiger partial charge in [0, 0.05) is 17.2 Å². The SMILES string of the molecule is COc1cc(NC(=O)[C@H](C)Sc2nc(-c3ccccc3)cc(C(F)(F)F)n2)c(C(C)=O)cc1OC. The highest BCUT2D eigenvalue weighted by Crippen LogP contribution is 2.35. The van der Waals surface area contributed by atoms with Crippen LogP contribution in [0.3, 0.4) is 0 Å². The van der Waals surface area contributed by atoms with Crippen molar-refractivity contribution in [3.63, 3.8) is 0 Å². The number of thioether (sulfide) groups is 1. The van der Waals surface area contributed by atoms with Gasteiger partial charge in [-0.05, 0) is 26.0 Å². The smallest absolute Gasteiger partial charge is 0.433 e. The van der Waals surface area contributed by atoms with Gasteiger partial charge in [-0.3, -0.25) is 9.59 Å². The maximum absolute atomic E-state index is 13.5. The number of methoxy groups -OCH3 is 2. The first-order valence-corrected chi connectivity index (χ1v) is 11.2. The fourth-order valence-electron chi connectivity index (χ4n) is 3.10. The van der Waals surface area contributed by atoms with Crippen LogP contribution in [-0.2, 0) is 11.0 Å². The average molecular weight is 506 g/mol. The molecule has 1 N–H and O–H groups in total. The molecule has 0 radical (unpaired) electrons. The Bertz CT molecular complexity index is 1240. The summed E-state index contributed by atoms with van der Waals surface area (Å²) in [6.07, 6.45) is -4.69. The molecule has 1 amide bonds. The first-order valence-electron chi connectivity index (χ1n) is 10.3. The number of nitrogens with zero attached hydrogens (tertiary/aromatic N) is 2. The number of carbonyl (C=O) groups excluding carboxylic acids is 2. The topological polar surface area (TPSA) is 90.4 Å². The molecule has 2 aromatic carbocycles. The molecule has 0 aliphatic carbocycles. The Kier molecular flexibility index (Phi) is 8.00. The van der Waals surface area contributed by atoms with Gasteiger partial charge in [-0.1, -0.05) is 42.1 Å². The number of carbonyl (C=O) groups is 2. The summed E-state index contributed by atoms with van der Waals surface area (Å²) < 4.78 is 50.8. The molecule has 1 atom stereocenters. The van der Waals surface area contributed by atoms with Gasteiger partial charge in [0.2, 0.25) is 5.91 Å². The Morgan fingerprint density at radius 2 is 1.63 bits per heavy atom. The van der Waals surface area contributed by atoms with Crippen LogP contribution in [0.15, 0.2) is 53.7 Å². The Balaban J connectivity index is 1.89. The molecule has 7 nitrogen and oxygen atoms in total. The van der Waals surface area contributed by atoms with Gasteiger partial charge < -0.3 is 14.8 Å². The number of Topliss-reactive ketones (excluding diaryl/α,β-unsaturated/α-hetero) is 1. The van der Waals surface area contributed by atoms with Gasteiger partial charge in [0.25, 0.3) is 0 Å². The van der Waals surface area contributed by atoms with Gasteiger partial charge >= 0.3 is 6.18 Å². The standard InChI is InChI=1S/C24H22F3N3O4S/c1-13(31)16-10-19(33-3)20(34-4)11-18(16)28-22(32)14(2)35-23-29-17(15-8-6-5-7-9-15)12-21(30-23)24(25,26)27/h5-12,14H,1-4H3,(H,28,32)/t14-/m0/s1. The Morgan fingerprint density at radius 1 is 1.00 bits per heavy atom. The normalized spacial score (nSPS) is 12.1. The van der Waals surface area contributed by atoms with E-state index >= 15 is 0 Å². The number of aromatic nitrogens is 2. The third-order valence-electron chi connectivity index (χ3n) is 4.88.